The van der Waals surface area contributed by atoms with Crippen LogP contribution in [0.15, 0.2) is 35.2 Å². The lowest BCUT2D eigenvalue weighted by Crippen LogP contribution is -1.85. The molecule has 0 saturated heterocycles. The molecule has 0 amide bonds. The molecule has 1 rings (SSSR count). The van der Waals surface area contributed by atoms with E-state index in [2.05, 4.69) is 0 Å². The topological polar surface area (TPSA) is 57.2 Å². The molecule has 5 heteroatoms. The van der Waals surface area contributed by atoms with Crippen molar-refractivity contribution in [1.29, 1.82) is 0 Å². The molecule has 0 bridgehead atoms. The van der Waals surface area contributed by atoms with Gasteiger partial charge in [-0.15, -0.1) is 0 Å². The predicted molar refractivity (Wildman–Crippen MR) is 47.6 cm³/mol. The zero-order valence-corrected chi connectivity index (χ0v) is 8.06. The van der Waals surface area contributed by atoms with Crippen LogP contribution in [0.2, 0.25) is 0 Å². The fraction of sp³-hybridized carbons (Fsp3) is 0.143. The maximum absolute atomic E-state index is 10.2. The highest BCUT2D eigenvalue weighted by molar-refractivity contribution is 7.79. The number of hydrogen-bond donors (Lipinski definition) is 0. The first kappa shape index (κ1) is 11.4. The summed E-state index contributed by atoms with van der Waals surface area (Å²) in [6.45, 7) is 0. The maximum atomic E-state index is 10.2. The van der Waals surface area contributed by atoms with Crippen molar-refractivity contribution < 1.29 is 13.0 Å². The van der Waals surface area contributed by atoms with E-state index in [1.54, 1.807) is 30.3 Å². The van der Waals surface area contributed by atoms with E-state index >= 15 is 0 Å². The molecule has 66 valence electrons. The smallest absolute Gasteiger partial charge is 0.455 e. The summed E-state index contributed by atoms with van der Waals surface area (Å²) in [7, 11) is 0. The summed E-state index contributed by atoms with van der Waals surface area (Å²) < 4.78 is 29.2. The SMILES string of the molecule is C[S+]=O.O=S([O-])c1ccccc1. The Bertz CT molecular complexity index is 248. The number of rotatable bonds is 1. The van der Waals surface area contributed by atoms with Crippen LogP contribution in [0.3, 0.4) is 0 Å². The van der Waals surface area contributed by atoms with Gasteiger partial charge in [0.1, 0.15) is 0 Å². The zero-order valence-electron chi connectivity index (χ0n) is 6.43. The molecule has 0 aliphatic carbocycles. The molecule has 0 radical (unpaired) electrons. The monoisotopic (exact) mass is 204 g/mol. The highest BCUT2D eigenvalue weighted by Crippen LogP contribution is 2.00. The first-order chi connectivity index (χ1) is 5.72. The third-order valence-corrected chi connectivity index (χ3v) is 1.59. The van der Waals surface area contributed by atoms with Gasteiger partial charge < -0.3 is 4.55 Å². The van der Waals surface area contributed by atoms with E-state index in [4.69, 9.17) is 4.21 Å². The minimum Gasteiger partial charge on any atom is -0.768 e. The van der Waals surface area contributed by atoms with Gasteiger partial charge in [-0.3, -0.25) is 4.21 Å². The van der Waals surface area contributed by atoms with Crippen LogP contribution < -0.4 is 0 Å². The summed E-state index contributed by atoms with van der Waals surface area (Å²) >= 11 is -1.58. The minimum atomic E-state index is -2.08. The molecule has 1 aromatic carbocycles. The summed E-state index contributed by atoms with van der Waals surface area (Å²) in [5.41, 5.74) is 0. The molecule has 0 aliphatic rings. The van der Waals surface area contributed by atoms with Crippen LogP contribution in [0, 0.1) is 0 Å². The molecule has 1 unspecified atom stereocenters. The Morgan fingerprint density at radius 3 is 2.00 bits per heavy atom. The van der Waals surface area contributed by atoms with Crippen molar-refractivity contribution in [1.82, 2.24) is 0 Å². The molecule has 0 heterocycles. The lowest BCUT2D eigenvalue weighted by atomic mass is 10.4. The van der Waals surface area contributed by atoms with Crippen molar-refractivity contribution in [2.24, 2.45) is 0 Å². The molecule has 0 N–H and O–H groups in total. The van der Waals surface area contributed by atoms with Gasteiger partial charge in [-0.2, -0.15) is 0 Å². The molecule has 0 aliphatic heterocycles. The Labute approximate surface area is 77.6 Å². The van der Waals surface area contributed by atoms with E-state index in [1.165, 1.54) is 6.26 Å². The third-order valence-electron chi connectivity index (χ3n) is 0.936. The van der Waals surface area contributed by atoms with Crippen LogP contribution in [0.25, 0.3) is 0 Å². The molecule has 1 aromatic rings. The summed E-state index contributed by atoms with van der Waals surface area (Å²) in [4.78, 5) is 0.331. The predicted octanol–water partition coefficient (Wildman–Crippen LogP) is 0.969. The quantitative estimate of drug-likeness (QED) is 0.506. The maximum Gasteiger partial charge on any atom is 0.455 e. The van der Waals surface area contributed by atoms with Crippen LogP contribution in [0.4, 0.5) is 0 Å². The van der Waals surface area contributed by atoms with Gasteiger partial charge in [0.05, 0.1) is 0 Å². The van der Waals surface area contributed by atoms with Gasteiger partial charge in [0.15, 0.2) is 0 Å². The van der Waals surface area contributed by atoms with Crippen molar-refractivity contribution in [3.63, 3.8) is 0 Å². The average molecular weight is 204 g/mol. The first-order valence-electron chi connectivity index (χ1n) is 3.02. The van der Waals surface area contributed by atoms with Gasteiger partial charge in [-0.1, -0.05) is 18.2 Å². The van der Waals surface area contributed by atoms with Gasteiger partial charge in [-0.25, -0.2) is 0 Å². The molecule has 0 fully saturated rings. The largest absolute Gasteiger partial charge is 0.768 e. The van der Waals surface area contributed by atoms with Crippen LogP contribution in [0.5, 0.6) is 0 Å². The molecule has 12 heavy (non-hydrogen) atoms. The Morgan fingerprint density at radius 1 is 1.33 bits per heavy atom. The van der Waals surface area contributed by atoms with Crippen LogP contribution >= 0.6 is 0 Å². The lowest BCUT2D eigenvalue weighted by molar-refractivity contribution is 0.537. The van der Waals surface area contributed by atoms with Gasteiger partial charge in [0, 0.05) is 9.10 Å². The molecule has 0 spiro atoms. The van der Waals surface area contributed by atoms with Crippen LogP contribution in [0.1, 0.15) is 0 Å². The minimum absolute atomic E-state index is 0.331. The fourth-order valence-electron chi connectivity index (χ4n) is 0.532. The van der Waals surface area contributed by atoms with Crippen LogP contribution in [-0.2, 0) is 27.0 Å². The Balaban J connectivity index is 0.000000354. The summed E-state index contributed by atoms with van der Waals surface area (Å²) in [5.74, 6) is 0. The van der Waals surface area contributed by atoms with Crippen molar-refractivity contribution >= 4 is 22.7 Å². The molecular weight excluding hydrogens is 196 g/mol. The Kier molecular flexibility index (Phi) is 6.64. The number of benzene rings is 1. The Morgan fingerprint density at radius 2 is 1.75 bits per heavy atom. The first-order valence-corrected chi connectivity index (χ1v) is 5.25. The van der Waals surface area contributed by atoms with Gasteiger partial charge >= 0.3 is 11.7 Å². The molecule has 0 saturated carbocycles. The second-order valence-corrected chi connectivity index (χ2v) is 2.99. The zero-order chi connectivity index (χ0) is 9.40. The standard InChI is InChI=1S/C6H6O2S.CH3OS/c7-9(8)6-4-2-1-3-5-6;1-3-2/h1-5H,(H,7,8);1H3/q;+1/p-1. The highest BCUT2D eigenvalue weighted by Gasteiger charge is 1.84. The van der Waals surface area contributed by atoms with Crippen molar-refractivity contribution in [3.05, 3.63) is 30.3 Å². The van der Waals surface area contributed by atoms with E-state index in [-0.39, 0.29) is 0 Å². The fourth-order valence-corrected chi connectivity index (χ4v) is 0.911. The second kappa shape index (κ2) is 7.02. The summed E-state index contributed by atoms with van der Waals surface area (Å²) in [6.07, 6.45) is 1.49. The van der Waals surface area contributed by atoms with Gasteiger partial charge in [-0.05, 0) is 23.2 Å². The Hall–Kier alpha value is -0.650. The average Bonchev–Trinajstić information content (AvgIpc) is 2.07. The van der Waals surface area contributed by atoms with E-state index in [1.807, 2.05) is 0 Å². The summed E-state index contributed by atoms with van der Waals surface area (Å²) in [6, 6.07) is 8.23. The van der Waals surface area contributed by atoms with E-state index < -0.39 is 11.1 Å². The second-order valence-electron chi connectivity index (χ2n) is 1.71. The third kappa shape index (κ3) is 5.06. The van der Waals surface area contributed by atoms with E-state index in [0.29, 0.717) is 16.6 Å². The molecule has 0 aromatic heterocycles. The number of hydrogen-bond acceptors (Lipinski definition) is 3. The van der Waals surface area contributed by atoms with Gasteiger partial charge in [0.25, 0.3) is 0 Å². The van der Waals surface area contributed by atoms with E-state index in [0.717, 1.165) is 0 Å². The van der Waals surface area contributed by atoms with Crippen LogP contribution in [-0.4, -0.2) is 15.0 Å². The van der Waals surface area contributed by atoms with Gasteiger partial charge in [0.2, 0.25) is 6.26 Å². The normalized spacial score (nSPS) is 10.8. The molecular formula is C7H8O3S2. The lowest BCUT2D eigenvalue weighted by Gasteiger charge is -2.01. The van der Waals surface area contributed by atoms with Crippen molar-refractivity contribution in [2.45, 2.75) is 4.90 Å². The van der Waals surface area contributed by atoms with Crippen molar-refractivity contribution in [2.75, 3.05) is 6.26 Å². The highest BCUT2D eigenvalue weighted by atomic mass is 32.2. The molecule has 1 atom stereocenters. The molecule has 3 nitrogen and oxygen atoms in total. The van der Waals surface area contributed by atoms with Crippen molar-refractivity contribution in [3.8, 4) is 0 Å². The van der Waals surface area contributed by atoms with E-state index in [9.17, 15) is 8.76 Å². The summed E-state index contributed by atoms with van der Waals surface area (Å²) in [5, 5.41) is 0.